The molecule has 1 unspecified atom stereocenters. The van der Waals surface area contributed by atoms with Gasteiger partial charge in [0.05, 0.1) is 6.61 Å². The number of rotatable bonds is 4. The molecule has 1 aromatic carbocycles. The maximum absolute atomic E-state index is 11.2. The van der Waals surface area contributed by atoms with Crippen LogP contribution in [0.2, 0.25) is 5.02 Å². The molecular formula is C12H16ClNO2. The number of alkyl carbamates (subject to hydrolysis) is 1. The maximum atomic E-state index is 11.2. The molecule has 0 saturated carbocycles. The Labute approximate surface area is 101 Å². The van der Waals surface area contributed by atoms with Crippen molar-refractivity contribution in [3.8, 4) is 0 Å². The molecule has 0 saturated heterocycles. The number of amides is 1. The van der Waals surface area contributed by atoms with E-state index in [4.69, 9.17) is 16.3 Å². The van der Waals surface area contributed by atoms with E-state index in [1.165, 1.54) is 0 Å². The number of halogens is 1. The van der Waals surface area contributed by atoms with Gasteiger partial charge in [0, 0.05) is 11.1 Å². The minimum absolute atomic E-state index is 0.0255. The lowest BCUT2D eigenvalue weighted by Gasteiger charge is -2.13. The molecule has 0 fully saturated rings. The molecule has 0 aliphatic carbocycles. The first-order valence-electron chi connectivity index (χ1n) is 5.29. The van der Waals surface area contributed by atoms with Crippen molar-refractivity contribution < 1.29 is 9.53 Å². The lowest BCUT2D eigenvalue weighted by Crippen LogP contribution is -2.34. The normalized spacial score (nSPS) is 11.9. The summed E-state index contributed by atoms with van der Waals surface area (Å²) in [4.78, 5) is 11.2. The SMILES string of the molecule is CCOC(=O)NC(C)Cc1cccc(Cl)c1. The first-order valence-corrected chi connectivity index (χ1v) is 5.67. The first kappa shape index (κ1) is 12.8. The molecule has 1 amide bonds. The van der Waals surface area contributed by atoms with E-state index in [9.17, 15) is 4.79 Å². The minimum Gasteiger partial charge on any atom is -0.450 e. The van der Waals surface area contributed by atoms with E-state index in [1.807, 2.05) is 31.2 Å². The number of carbonyl (C=O) groups is 1. The third-order valence-electron chi connectivity index (χ3n) is 2.07. The standard InChI is InChI=1S/C12H16ClNO2/c1-3-16-12(15)14-9(2)7-10-5-4-6-11(13)8-10/h4-6,8-9H,3,7H2,1-2H3,(H,14,15). The number of hydrogen-bond acceptors (Lipinski definition) is 2. The zero-order valence-electron chi connectivity index (χ0n) is 9.50. The fourth-order valence-corrected chi connectivity index (χ4v) is 1.66. The van der Waals surface area contributed by atoms with E-state index in [0.717, 1.165) is 12.0 Å². The van der Waals surface area contributed by atoms with Crippen LogP contribution in [-0.4, -0.2) is 18.7 Å². The molecule has 3 nitrogen and oxygen atoms in total. The first-order chi connectivity index (χ1) is 7.61. The molecular weight excluding hydrogens is 226 g/mol. The van der Waals surface area contributed by atoms with Gasteiger partial charge in [0.2, 0.25) is 0 Å². The van der Waals surface area contributed by atoms with Gasteiger partial charge in [0.15, 0.2) is 0 Å². The van der Waals surface area contributed by atoms with Crippen LogP contribution < -0.4 is 5.32 Å². The third kappa shape index (κ3) is 4.53. The molecule has 0 bridgehead atoms. The van der Waals surface area contributed by atoms with Crippen molar-refractivity contribution in [1.82, 2.24) is 5.32 Å². The summed E-state index contributed by atoms with van der Waals surface area (Å²) in [7, 11) is 0. The lowest BCUT2D eigenvalue weighted by molar-refractivity contribution is 0.149. The monoisotopic (exact) mass is 241 g/mol. The van der Waals surface area contributed by atoms with Gasteiger partial charge in [0.1, 0.15) is 0 Å². The zero-order valence-corrected chi connectivity index (χ0v) is 10.3. The van der Waals surface area contributed by atoms with E-state index < -0.39 is 0 Å². The Morgan fingerprint density at radius 3 is 2.94 bits per heavy atom. The van der Waals surface area contributed by atoms with Crippen LogP contribution in [0.5, 0.6) is 0 Å². The summed E-state index contributed by atoms with van der Waals surface area (Å²) in [5, 5.41) is 3.45. The molecule has 16 heavy (non-hydrogen) atoms. The van der Waals surface area contributed by atoms with Gasteiger partial charge in [-0.2, -0.15) is 0 Å². The highest BCUT2D eigenvalue weighted by molar-refractivity contribution is 6.30. The number of nitrogens with one attached hydrogen (secondary N) is 1. The predicted molar refractivity (Wildman–Crippen MR) is 64.8 cm³/mol. The van der Waals surface area contributed by atoms with Gasteiger partial charge in [-0.15, -0.1) is 0 Å². The molecule has 1 aromatic rings. The van der Waals surface area contributed by atoms with Crippen molar-refractivity contribution in [2.24, 2.45) is 0 Å². The Hall–Kier alpha value is -1.22. The molecule has 88 valence electrons. The van der Waals surface area contributed by atoms with Crippen molar-refractivity contribution in [3.63, 3.8) is 0 Å². The van der Waals surface area contributed by atoms with Gasteiger partial charge < -0.3 is 10.1 Å². The summed E-state index contributed by atoms with van der Waals surface area (Å²) in [6, 6.07) is 7.63. The van der Waals surface area contributed by atoms with Gasteiger partial charge in [0.25, 0.3) is 0 Å². The van der Waals surface area contributed by atoms with E-state index >= 15 is 0 Å². The topological polar surface area (TPSA) is 38.3 Å². The predicted octanol–water partition coefficient (Wildman–Crippen LogP) is 3.02. The highest BCUT2D eigenvalue weighted by Crippen LogP contribution is 2.12. The molecule has 0 aliphatic rings. The molecule has 0 aromatic heterocycles. The van der Waals surface area contributed by atoms with Crippen molar-refractivity contribution >= 4 is 17.7 Å². The summed E-state index contributed by atoms with van der Waals surface area (Å²) in [5.74, 6) is 0. The average molecular weight is 242 g/mol. The fourth-order valence-electron chi connectivity index (χ4n) is 1.44. The molecule has 1 rings (SSSR count). The van der Waals surface area contributed by atoms with Crippen LogP contribution in [-0.2, 0) is 11.2 Å². The van der Waals surface area contributed by atoms with Crippen molar-refractivity contribution in [2.75, 3.05) is 6.61 Å². The van der Waals surface area contributed by atoms with Crippen LogP contribution >= 0.6 is 11.6 Å². The third-order valence-corrected chi connectivity index (χ3v) is 2.31. The Balaban J connectivity index is 2.45. The van der Waals surface area contributed by atoms with Crippen molar-refractivity contribution in [3.05, 3.63) is 34.9 Å². The Bertz CT molecular complexity index is 355. The summed E-state index contributed by atoms with van der Waals surface area (Å²) in [6.45, 7) is 4.09. The summed E-state index contributed by atoms with van der Waals surface area (Å²) in [5.41, 5.74) is 1.09. The van der Waals surface area contributed by atoms with Crippen LogP contribution in [0.1, 0.15) is 19.4 Å². The zero-order chi connectivity index (χ0) is 12.0. The van der Waals surface area contributed by atoms with Crippen molar-refractivity contribution in [1.29, 1.82) is 0 Å². The Morgan fingerprint density at radius 1 is 1.56 bits per heavy atom. The second-order valence-electron chi connectivity index (χ2n) is 3.60. The smallest absolute Gasteiger partial charge is 0.407 e. The van der Waals surface area contributed by atoms with Crippen molar-refractivity contribution in [2.45, 2.75) is 26.3 Å². The van der Waals surface area contributed by atoms with Gasteiger partial charge in [-0.3, -0.25) is 0 Å². The fraction of sp³-hybridized carbons (Fsp3) is 0.417. The molecule has 0 radical (unpaired) electrons. The number of carbonyl (C=O) groups excluding carboxylic acids is 1. The second-order valence-corrected chi connectivity index (χ2v) is 4.04. The number of hydrogen-bond donors (Lipinski definition) is 1. The highest BCUT2D eigenvalue weighted by Gasteiger charge is 2.08. The van der Waals surface area contributed by atoms with E-state index in [1.54, 1.807) is 6.92 Å². The lowest BCUT2D eigenvalue weighted by atomic mass is 10.1. The van der Waals surface area contributed by atoms with E-state index in [-0.39, 0.29) is 12.1 Å². The average Bonchev–Trinajstić information content (AvgIpc) is 2.17. The maximum Gasteiger partial charge on any atom is 0.407 e. The van der Waals surface area contributed by atoms with Gasteiger partial charge >= 0.3 is 6.09 Å². The van der Waals surface area contributed by atoms with Crippen LogP contribution in [0.15, 0.2) is 24.3 Å². The Morgan fingerprint density at radius 2 is 2.31 bits per heavy atom. The van der Waals surface area contributed by atoms with Crippen LogP contribution in [0.3, 0.4) is 0 Å². The molecule has 4 heteroatoms. The minimum atomic E-state index is -0.378. The number of ether oxygens (including phenoxy) is 1. The summed E-state index contributed by atoms with van der Waals surface area (Å²) in [6.07, 6.45) is 0.358. The van der Waals surface area contributed by atoms with E-state index in [2.05, 4.69) is 5.32 Å². The highest BCUT2D eigenvalue weighted by atomic mass is 35.5. The second kappa shape index (κ2) is 6.38. The molecule has 1 atom stereocenters. The van der Waals surface area contributed by atoms with Crippen LogP contribution in [0.4, 0.5) is 4.79 Å². The summed E-state index contributed by atoms with van der Waals surface area (Å²) < 4.78 is 4.80. The Kier molecular flexibility index (Phi) is 5.12. The van der Waals surface area contributed by atoms with Crippen LogP contribution in [0, 0.1) is 0 Å². The van der Waals surface area contributed by atoms with E-state index in [0.29, 0.717) is 11.6 Å². The molecule has 0 spiro atoms. The van der Waals surface area contributed by atoms with Gasteiger partial charge in [-0.1, -0.05) is 23.7 Å². The summed E-state index contributed by atoms with van der Waals surface area (Å²) >= 11 is 5.87. The van der Waals surface area contributed by atoms with Gasteiger partial charge in [-0.25, -0.2) is 4.79 Å². The largest absolute Gasteiger partial charge is 0.450 e. The molecule has 1 N–H and O–H groups in total. The molecule has 0 aliphatic heterocycles. The molecule has 0 heterocycles. The quantitative estimate of drug-likeness (QED) is 0.880. The van der Waals surface area contributed by atoms with Crippen LogP contribution in [0.25, 0.3) is 0 Å². The number of benzene rings is 1. The van der Waals surface area contributed by atoms with Gasteiger partial charge in [-0.05, 0) is 38.0 Å².